The van der Waals surface area contributed by atoms with Gasteiger partial charge < -0.3 is 4.57 Å². The van der Waals surface area contributed by atoms with Gasteiger partial charge in [-0.2, -0.15) is 0 Å². The average Bonchev–Trinajstić information content (AvgIpc) is 2.80. The number of imidazole rings is 1. The molecule has 116 valence electrons. The van der Waals surface area contributed by atoms with Crippen LogP contribution in [0.25, 0.3) is 11.0 Å². The predicted molar refractivity (Wildman–Crippen MR) is 92.5 cm³/mol. The van der Waals surface area contributed by atoms with Crippen molar-refractivity contribution in [1.82, 2.24) is 9.55 Å². The third kappa shape index (κ3) is 4.14. The number of alkyl halides is 1. The molecule has 0 bridgehead atoms. The van der Waals surface area contributed by atoms with E-state index in [2.05, 4.69) is 24.5 Å². The van der Waals surface area contributed by atoms with Crippen molar-refractivity contribution in [1.29, 1.82) is 0 Å². The van der Waals surface area contributed by atoms with Crippen molar-refractivity contribution < 1.29 is 0 Å². The van der Waals surface area contributed by atoms with Gasteiger partial charge in [-0.3, -0.25) is 0 Å². The lowest BCUT2D eigenvalue weighted by molar-refractivity contribution is 0.390. The Morgan fingerprint density at radius 2 is 2.10 bits per heavy atom. The first-order valence-electron chi connectivity index (χ1n) is 7.90. The molecule has 0 fully saturated rings. The molecule has 2 nitrogen and oxygen atoms in total. The highest BCUT2D eigenvalue weighted by Gasteiger charge is 2.14. The maximum Gasteiger partial charge on any atom is 0.111 e. The molecule has 0 aliphatic heterocycles. The number of aryl methyl sites for hydroxylation is 1. The molecule has 0 saturated carbocycles. The van der Waals surface area contributed by atoms with Crippen molar-refractivity contribution in [2.45, 2.75) is 52.5 Å². The Morgan fingerprint density at radius 3 is 2.76 bits per heavy atom. The quantitative estimate of drug-likeness (QED) is 0.570. The minimum absolute atomic E-state index is 0.600. The van der Waals surface area contributed by atoms with E-state index in [1.54, 1.807) is 0 Å². The fraction of sp³-hybridized carbons (Fsp3) is 0.588. The Balaban J connectivity index is 2.32. The lowest BCUT2D eigenvalue weighted by Gasteiger charge is -2.17. The van der Waals surface area contributed by atoms with Crippen LogP contribution in [0.4, 0.5) is 0 Å². The number of hydrogen-bond acceptors (Lipinski definition) is 1. The second kappa shape index (κ2) is 8.05. The zero-order chi connectivity index (χ0) is 15.2. The number of nitrogens with zero attached hydrogens (tertiary/aromatic N) is 2. The van der Waals surface area contributed by atoms with Gasteiger partial charge in [-0.1, -0.05) is 44.7 Å². The van der Waals surface area contributed by atoms with Crippen LogP contribution in [0, 0.1) is 5.92 Å². The molecule has 0 aliphatic carbocycles. The molecular weight excluding hydrogens is 303 g/mol. The molecule has 0 N–H and O–H groups in total. The normalized spacial score (nSPS) is 13.0. The molecule has 2 rings (SSSR count). The smallest absolute Gasteiger partial charge is 0.111 e. The first-order valence-corrected chi connectivity index (χ1v) is 8.81. The van der Waals surface area contributed by atoms with Crippen LogP contribution in [0.2, 0.25) is 5.02 Å². The molecule has 0 amide bonds. The first-order chi connectivity index (χ1) is 10.2. The first kappa shape index (κ1) is 16.6. The molecule has 1 unspecified atom stereocenters. The molecule has 4 heteroatoms. The summed E-state index contributed by atoms with van der Waals surface area (Å²) in [6.45, 7) is 5.55. The average molecular weight is 327 g/mol. The molecule has 0 radical (unpaired) electrons. The second-order valence-electron chi connectivity index (χ2n) is 5.63. The molecule has 0 spiro atoms. The van der Waals surface area contributed by atoms with Crippen LogP contribution in [-0.4, -0.2) is 15.4 Å². The van der Waals surface area contributed by atoms with Gasteiger partial charge in [-0.25, -0.2) is 4.98 Å². The van der Waals surface area contributed by atoms with E-state index in [9.17, 15) is 0 Å². The number of hydrogen-bond donors (Lipinski definition) is 0. The van der Waals surface area contributed by atoms with E-state index in [4.69, 9.17) is 28.2 Å². The Hall–Kier alpha value is -0.730. The Bertz CT molecular complexity index is 577. The van der Waals surface area contributed by atoms with Crippen LogP contribution < -0.4 is 0 Å². The van der Waals surface area contributed by atoms with Crippen LogP contribution in [0.15, 0.2) is 18.2 Å². The number of aromatic nitrogens is 2. The molecule has 0 saturated heterocycles. The predicted octanol–water partition coefficient (Wildman–Crippen LogP) is 5.69. The highest BCUT2D eigenvalue weighted by Crippen LogP contribution is 2.24. The maximum absolute atomic E-state index is 6.08. The van der Waals surface area contributed by atoms with Crippen LogP contribution >= 0.6 is 23.2 Å². The maximum atomic E-state index is 6.08. The van der Waals surface area contributed by atoms with Gasteiger partial charge in [0.1, 0.15) is 5.82 Å². The summed E-state index contributed by atoms with van der Waals surface area (Å²) in [6, 6.07) is 5.96. The largest absolute Gasteiger partial charge is 0.328 e. The summed E-state index contributed by atoms with van der Waals surface area (Å²) in [4.78, 5) is 4.72. The van der Waals surface area contributed by atoms with Gasteiger partial charge in [0.2, 0.25) is 0 Å². The number of benzene rings is 1. The van der Waals surface area contributed by atoms with E-state index in [0.29, 0.717) is 11.8 Å². The van der Waals surface area contributed by atoms with Gasteiger partial charge in [0.05, 0.1) is 11.0 Å². The minimum Gasteiger partial charge on any atom is -0.328 e. The number of rotatable bonds is 8. The van der Waals surface area contributed by atoms with Gasteiger partial charge in [-0.15, -0.1) is 11.6 Å². The van der Waals surface area contributed by atoms with Gasteiger partial charge in [0.25, 0.3) is 0 Å². The summed E-state index contributed by atoms with van der Waals surface area (Å²) < 4.78 is 2.35. The molecule has 1 aromatic heterocycles. The van der Waals surface area contributed by atoms with Crippen molar-refractivity contribution in [3.63, 3.8) is 0 Å². The molecule has 1 aromatic carbocycles. The monoisotopic (exact) mass is 326 g/mol. The van der Waals surface area contributed by atoms with Crippen LogP contribution in [0.3, 0.4) is 0 Å². The molecule has 1 atom stereocenters. The highest BCUT2D eigenvalue weighted by molar-refractivity contribution is 6.31. The van der Waals surface area contributed by atoms with Crippen molar-refractivity contribution in [2.75, 3.05) is 5.88 Å². The van der Waals surface area contributed by atoms with Gasteiger partial charge in [0, 0.05) is 23.9 Å². The topological polar surface area (TPSA) is 17.8 Å². The van der Waals surface area contributed by atoms with E-state index in [-0.39, 0.29) is 0 Å². The lowest BCUT2D eigenvalue weighted by atomic mass is 9.99. The van der Waals surface area contributed by atoms with E-state index < -0.39 is 0 Å². The molecule has 2 aromatic rings. The third-order valence-corrected chi connectivity index (χ3v) is 4.52. The number of halogens is 2. The molecule has 1 heterocycles. The number of fused-ring (bicyclic) bond motifs is 1. The van der Waals surface area contributed by atoms with Crippen LogP contribution in [-0.2, 0) is 13.0 Å². The van der Waals surface area contributed by atoms with Gasteiger partial charge in [0.15, 0.2) is 0 Å². The van der Waals surface area contributed by atoms with Crippen molar-refractivity contribution in [3.8, 4) is 0 Å². The van der Waals surface area contributed by atoms with E-state index >= 15 is 0 Å². The minimum atomic E-state index is 0.600. The van der Waals surface area contributed by atoms with Gasteiger partial charge >= 0.3 is 0 Å². The molecule has 0 aliphatic rings. The van der Waals surface area contributed by atoms with Crippen LogP contribution in [0.1, 0.15) is 45.4 Å². The van der Waals surface area contributed by atoms with E-state index in [1.807, 2.05) is 12.1 Å². The zero-order valence-electron chi connectivity index (χ0n) is 12.9. The van der Waals surface area contributed by atoms with Crippen molar-refractivity contribution >= 4 is 34.2 Å². The third-order valence-electron chi connectivity index (χ3n) is 4.09. The second-order valence-corrected chi connectivity index (χ2v) is 6.44. The molecule has 21 heavy (non-hydrogen) atoms. The fourth-order valence-electron chi connectivity index (χ4n) is 2.81. The van der Waals surface area contributed by atoms with Crippen molar-refractivity contribution in [3.05, 3.63) is 29.0 Å². The molecular formula is C17H24Cl2N2. The number of unbranched alkanes of at least 4 members (excludes halogenated alkanes) is 1. The Morgan fingerprint density at radius 1 is 1.29 bits per heavy atom. The summed E-state index contributed by atoms with van der Waals surface area (Å²) >= 11 is 12.0. The summed E-state index contributed by atoms with van der Waals surface area (Å²) in [5, 5.41) is 0.739. The summed E-state index contributed by atoms with van der Waals surface area (Å²) in [6.07, 6.45) is 5.83. The summed E-state index contributed by atoms with van der Waals surface area (Å²) in [5.41, 5.74) is 2.16. The lowest BCUT2D eigenvalue weighted by Crippen LogP contribution is -2.13. The Kier molecular flexibility index (Phi) is 6.38. The standard InChI is InChI=1S/C17H24Cl2N2/c1-3-5-6-13(4-2)12-21-16-8-7-14(19)11-15(16)20-17(21)9-10-18/h7-8,11,13H,3-6,9-10,12H2,1-2H3. The van der Waals surface area contributed by atoms with Crippen LogP contribution in [0.5, 0.6) is 0 Å². The summed E-state index contributed by atoms with van der Waals surface area (Å²) in [5.74, 6) is 2.38. The van der Waals surface area contributed by atoms with Crippen molar-refractivity contribution in [2.24, 2.45) is 5.92 Å². The highest BCUT2D eigenvalue weighted by atomic mass is 35.5. The van der Waals surface area contributed by atoms with Gasteiger partial charge in [-0.05, 0) is 30.5 Å². The summed E-state index contributed by atoms with van der Waals surface area (Å²) in [7, 11) is 0. The van der Waals surface area contributed by atoms with E-state index in [1.165, 1.54) is 31.2 Å². The Labute approximate surface area is 137 Å². The van der Waals surface area contributed by atoms with E-state index in [0.717, 1.165) is 29.3 Å². The SMILES string of the molecule is CCCCC(CC)Cn1c(CCCl)nc2cc(Cl)ccc21. The fourth-order valence-corrected chi connectivity index (χ4v) is 3.14. The zero-order valence-corrected chi connectivity index (χ0v) is 14.4.